The van der Waals surface area contributed by atoms with Crippen molar-refractivity contribution in [3.05, 3.63) is 77.7 Å². The van der Waals surface area contributed by atoms with Gasteiger partial charge in [-0.2, -0.15) is 0 Å². The molecule has 5 nitrogen and oxygen atoms in total. The van der Waals surface area contributed by atoms with Gasteiger partial charge in [0, 0.05) is 17.1 Å². The van der Waals surface area contributed by atoms with Gasteiger partial charge >= 0.3 is 6.03 Å². The minimum absolute atomic E-state index is 0.0433. The Bertz CT molecular complexity index is 1020. The van der Waals surface area contributed by atoms with Crippen molar-refractivity contribution < 1.29 is 14.0 Å². The van der Waals surface area contributed by atoms with E-state index in [4.69, 9.17) is 0 Å². The molecule has 1 fully saturated rings. The summed E-state index contributed by atoms with van der Waals surface area (Å²) < 4.78 is 14.0. The molecule has 4 rings (SSSR count). The third-order valence-corrected chi connectivity index (χ3v) is 4.70. The highest BCUT2D eigenvalue weighted by Gasteiger charge is 2.48. The highest BCUT2D eigenvalue weighted by Crippen LogP contribution is 2.30. The topological polar surface area (TPSA) is 62.3 Å². The Morgan fingerprint density at radius 3 is 2.65 bits per heavy atom. The van der Waals surface area contributed by atoms with Crippen LogP contribution >= 0.6 is 0 Å². The molecular formula is C20H16FN3O2. The molecule has 1 aliphatic heterocycles. The number of halogens is 1. The Kier molecular flexibility index (Phi) is 3.68. The van der Waals surface area contributed by atoms with Crippen LogP contribution in [0.2, 0.25) is 0 Å². The molecule has 3 aromatic rings. The molecule has 2 heterocycles. The van der Waals surface area contributed by atoms with Gasteiger partial charge in [0.1, 0.15) is 11.4 Å². The molecule has 0 spiro atoms. The highest BCUT2D eigenvalue weighted by atomic mass is 19.1. The lowest BCUT2D eigenvalue weighted by Crippen LogP contribution is -2.40. The van der Waals surface area contributed by atoms with Crippen molar-refractivity contribution in [2.45, 2.75) is 19.0 Å². The van der Waals surface area contributed by atoms with Crippen molar-refractivity contribution in [2.24, 2.45) is 0 Å². The number of nitrogens with zero attached hydrogens (tertiary/aromatic N) is 2. The summed E-state index contributed by atoms with van der Waals surface area (Å²) >= 11 is 0. The van der Waals surface area contributed by atoms with Crippen molar-refractivity contribution in [1.29, 1.82) is 0 Å². The lowest BCUT2D eigenvalue weighted by molar-refractivity contribution is -0.131. The smallest absolute Gasteiger partial charge is 0.319 e. The van der Waals surface area contributed by atoms with Crippen molar-refractivity contribution in [3.63, 3.8) is 0 Å². The molecule has 6 heteroatoms. The van der Waals surface area contributed by atoms with Crippen molar-refractivity contribution >= 4 is 22.8 Å². The number of rotatable bonds is 3. The Labute approximate surface area is 149 Å². The first-order valence-corrected chi connectivity index (χ1v) is 8.22. The molecule has 3 amide bonds. The average molecular weight is 349 g/mol. The zero-order chi connectivity index (χ0) is 18.3. The number of pyridine rings is 1. The van der Waals surface area contributed by atoms with E-state index in [0.717, 1.165) is 4.90 Å². The largest absolute Gasteiger partial charge is 0.325 e. The molecule has 0 radical (unpaired) electrons. The van der Waals surface area contributed by atoms with E-state index in [1.807, 2.05) is 18.2 Å². The van der Waals surface area contributed by atoms with Gasteiger partial charge in [-0.1, -0.05) is 36.4 Å². The molecule has 0 aliphatic carbocycles. The normalized spacial score (nSPS) is 19.8. The molecule has 26 heavy (non-hydrogen) atoms. The zero-order valence-electron chi connectivity index (χ0n) is 14.1. The van der Waals surface area contributed by atoms with Crippen LogP contribution in [-0.2, 0) is 16.9 Å². The monoisotopic (exact) mass is 349 g/mol. The summed E-state index contributed by atoms with van der Waals surface area (Å²) in [5, 5.41) is 3.38. The number of fused-ring (bicyclic) bond motifs is 1. The molecule has 1 saturated heterocycles. The van der Waals surface area contributed by atoms with Gasteiger partial charge in [-0.05, 0) is 30.7 Å². The second-order valence-electron chi connectivity index (χ2n) is 6.45. The first-order chi connectivity index (χ1) is 12.5. The predicted octanol–water partition coefficient (Wildman–Crippen LogP) is 3.34. The van der Waals surface area contributed by atoms with Gasteiger partial charge in [0.25, 0.3) is 5.91 Å². The van der Waals surface area contributed by atoms with Crippen LogP contribution in [0.1, 0.15) is 18.1 Å². The van der Waals surface area contributed by atoms with Crippen LogP contribution in [0.3, 0.4) is 0 Å². The fourth-order valence-electron chi connectivity index (χ4n) is 3.33. The molecule has 0 unspecified atom stereocenters. The van der Waals surface area contributed by atoms with Crippen LogP contribution in [0.25, 0.3) is 10.9 Å². The molecule has 0 bridgehead atoms. The Balaban J connectivity index is 1.72. The third-order valence-electron chi connectivity index (χ3n) is 4.70. The van der Waals surface area contributed by atoms with Crippen LogP contribution in [0.4, 0.5) is 9.18 Å². The van der Waals surface area contributed by atoms with Gasteiger partial charge in [-0.25, -0.2) is 9.18 Å². The maximum atomic E-state index is 14.0. The first-order valence-electron chi connectivity index (χ1n) is 8.22. The first kappa shape index (κ1) is 16.2. The van der Waals surface area contributed by atoms with Gasteiger partial charge in [-0.3, -0.25) is 14.7 Å². The third kappa shape index (κ3) is 2.50. The van der Waals surface area contributed by atoms with Crippen LogP contribution < -0.4 is 5.32 Å². The van der Waals surface area contributed by atoms with Crippen LogP contribution in [-0.4, -0.2) is 21.8 Å². The molecule has 130 valence electrons. The van der Waals surface area contributed by atoms with Gasteiger partial charge in [-0.15, -0.1) is 0 Å². The SMILES string of the molecule is C[C@@]1(c2ccccc2)NC(=O)N(Cc2cc(F)cc3cccnc23)C1=O. The predicted molar refractivity (Wildman–Crippen MR) is 94.6 cm³/mol. The summed E-state index contributed by atoms with van der Waals surface area (Å²) in [6.07, 6.45) is 1.60. The quantitative estimate of drug-likeness (QED) is 0.738. The molecular weight excluding hydrogens is 333 g/mol. The van der Waals surface area contributed by atoms with E-state index in [9.17, 15) is 14.0 Å². The maximum absolute atomic E-state index is 14.0. The van der Waals surface area contributed by atoms with Gasteiger partial charge in [0.15, 0.2) is 0 Å². The molecule has 0 saturated carbocycles. The van der Waals surface area contributed by atoms with Crippen molar-refractivity contribution in [1.82, 2.24) is 15.2 Å². The van der Waals surface area contributed by atoms with Crippen LogP contribution in [0.5, 0.6) is 0 Å². The van der Waals surface area contributed by atoms with E-state index in [2.05, 4.69) is 10.3 Å². The summed E-state index contributed by atoms with van der Waals surface area (Å²) in [5.41, 5.74) is 0.613. The molecule has 1 N–H and O–H groups in total. The number of hydrogen-bond acceptors (Lipinski definition) is 3. The number of imide groups is 1. The maximum Gasteiger partial charge on any atom is 0.325 e. The Morgan fingerprint density at radius 1 is 1.12 bits per heavy atom. The van der Waals surface area contributed by atoms with E-state index >= 15 is 0 Å². The summed E-state index contributed by atoms with van der Waals surface area (Å²) in [5.74, 6) is -0.805. The van der Waals surface area contributed by atoms with Crippen molar-refractivity contribution in [3.8, 4) is 0 Å². The van der Waals surface area contributed by atoms with E-state index in [1.54, 1.807) is 37.4 Å². The number of benzene rings is 2. The van der Waals surface area contributed by atoms with Gasteiger partial charge in [0.05, 0.1) is 12.1 Å². The molecule has 1 aliphatic rings. The fraction of sp³-hybridized carbons (Fsp3) is 0.150. The molecule has 1 atom stereocenters. The number of hydrogen-bond donors (Lipinski definition) is 1. The fourth-order valence-corrected chi connectivity index (χ4v) is 3.33. The van der Waals surface area contributed by atoms with Crippen LogP contribution in [0.15, 0.2) is 60.8 Å². The Hall–Kier alpha value is -3.28. The Morgan fingerprint density at radius 2 is 1.88 bits per heavy atom. The number of aromatic nitrogens is 1. The summed E-state index contributed by atoms with van der Waals surface area (Å²) in [6.45, 7) is 1.63. The summed E-state index contributed by atoms with van der Waals surface area (Å²) in [4.78, 5) is 30.9. The summed E-state index contributed by atoms with van der Waals surface area (Å²) in [7, 11) is 0. The number of carbonyl (C=O) groups is 2. The average Bonchev–Trinajstić information content (AvgIpc) is 2.86. The second kappa shape index (κ2) is 5.91. The lowest BCUT2D eigenvalue weighted by atomic mass is 9.92. The number of urea groups is 1. The lowest BCUT2D eigenvalue weighted by Gasteiger charge is -2.22. The molecule has 1 aromatic heterocycles. The second-order valence-corrected chi connectivity index (χ2v) is 6.45. The van der Waals surface area contributed by atoms with Crippen molar-refractivity contribution in [2.75, 3.05) is 0 Å². The van der Waals surface area contributed by atoms with E-state index < -0.39 is 17.4 Å². The minimum atomic E-state index is -1.14. The molecule has 2 aromatic carbocycles. The van der Waals surface area contributed by atoms with Gasteiger partial charge < -0.3 is 5.32 Å². The standard InChI is InChI=1S/C20H16FN3O2/c1-20(15-7-3-2-4-8-15)18(25)24(19(26)23-20)12-14-11-16(21)10-13-6-5-9-22-17(13)14/h2-11H,12H2,1H3,(H,23,26)/t20-/m0/s1. The number of amides is 3. The minimum Gasteiger partial charge on any atom is -0.319 e. The number of carbonyl (C=O) groups excluding carboxylic acids is 2. The van der Waals surface area contributed by atoms with E-state index in [1.165, 1.54) is 12.1 Å². The van der Waals surface area contributed by atoms with Gasteiger partial charge in [0.2, 0.25) is 0 Å². The van der Waals surface area contributed by atoms with E-state index in [0.29, 0.717) is 22.0 Å². The zero-order valence-corrected chi connectivity index (χ0v) is 14.1. The van der Waals surface area contributed by atoms with E-state index in [-0.39, 0.29) is 12.5 Å². The number of nitrogens with one attached hydrogen (secondary N) is 1. The summed E-state index contributed by atoms with van der Waals surface area (Å²) in [6, 6.07) is 14.7. The highest BCUT2D eigenvalue weighted by molar-refractivity contribution is 6.07. The van der Waals surface area contributed by atoms with Crippen LogP contribution in [0, 0.1) is 5.82 Å².